The number of aliphatic carboxylic acids is 1. The predicted molar refractivity (Wildman–Crippen MR) is 138 cm³/mol. The van der Waals surface area contributed by atoms with Gasteiger partial charge < -0.3 is 9.84 Å². The number of allylic oxidation sites excluding steroid dienone is 1. The van der Waals surface area contributed by atoms with E-state index in [4.69, 9.17) is 4.74 Å². The molecule has 0 aliphatic carbocycles. The van der Waals surface area contributed by atoms with E-state index in [9.17, 15) is 14.7 Å². The number of rotatable bonds is 7. The van der Waals surface area contributed by atoms with E-state index in [0.29, 0.717) is 27.9 Å². The van der Waals surface area contributed by atoms with Crippen LogP contribution in [-0.4, -0.2) is 32.7 Å². The summed E-state index contributed by atoms with van der Waals surface area (Å²) in [6.07, 6.45) is 0.171. The standard InChI is InChI=1S/C28H26N2O4S/c1-28(2,3)20-10-5-17(6-11-20)15-22(26(31)18-7-12-21(34-4)13-8-18)25(27(32)33)19-9-14-23-24(16-19)30-35-29-23/h5-14,16H,15H2,1-4H3,(H,32,33)/b25-22+. The Morgan fingerprint density at radius 3 is 2.11 bits per heavy atom. The summed E-state index contributed by atoms with van der Waals surface area (Å²) < 4.78 is 13.6. The van der Waals surface area contributed by atoms with Gasteiger partial charge in [0, 0.05) is 17.6 Å². The number of carboxylic acids is 1. The minimum Gasteiger partial charge on any atom is -0.497 e. The number of nitrogens with zero attached hydrogens (tertiary/aromatic N) is 2. The van der Waals surface area contributed by atoms with Crippen molar-refractivity contribution in [3.8, 4) is 5.75 Å². The lowest BCUT2D eigenvalue weighted by atomic mass is 9.85. The molecule has 0 aliphatic heterocycles. The third-order valence-electron chi connectivity index (χ3n) is 5.89. The lowest BCUT2D eigenvalue weighted by Gasteiger charge is -2.19. The molecular weight excluding hydrogens is 460 g/mol. The van der Waals surface area contributed by atoms with Crippen LogP contribution >= 0.6 is 11.7 Å². The highest BCUT2D eigenvalue weighted by Crippen LogP contribution is 2.29. The summed E-state index contributed by atoms with van der Waals surface area (Å²) in [7, 11) is 1.55. The first-order valence-electron chi connectivity index (χ1n) is 11.1. The fraction of sp³-hybridized carbons (Fsp3) is 0.214. The summed E-state index contributed by atoms with van der Waals surface area (Å²) in [6, 6.07) is 19.7. The van der Waals surface area contributed by atoms with Gasteiger partial charge in [-0.05, 0) is 58.5 Å². The number of Topliss-reactive ketones (excluding diaryl/α,β-unsaturated/α-hetero) is 1. The second-order valence-electron chi connectivity index (χ2n) is 9.31. The van der Waals surface area contributed by atoms with Crippen LogP contribution < -0.4 is 4.74 Å². The normalized spacial score (nSPS) is 12.3. The molecule has 178 valence electrons. The highest BCUT2D eigenvalue weighted by molar-refractivity contribution is 7.00. The highest BCUT2D eigenvalue weighted by atomic mass is 32.1. The van der Waals surface area contributed by atoms with E-state index < -0.39 is 5.97 Å². The Balaban J connectivity index is 1.86. The van der Waals surface area contributed by atoms with Crippen molar-refractivity contribution in [1.29, 1.82) is 0 Å². The molecule has 0 radical (unpaired) electrons. The quantitative estimate of drug-likeness (QED) is 0.256. The van der Waals surface area contributed by atoms with Crippen molar-refractivity contribution in [3.05, 3.63) is 94.6 Å². The van der Waals surface area contributed by atoms with E-state index in [1.165, 1.54) is 0 Å². The Hall–Kier alpha value is -3.84. The maximum Gasteiger partial charge on any atom is 0.336 e. The van der Waals surface area contributed by atoms with Crippen molar-refractivity contribution in [3.63, 3.8) is 0 Å². The molecule has 0 amide bonds. The number of fused-ring (bicyclic) bond motifs is 1. The van der Waals surface area contributed by atoms with E-state index >= 15 is 0 Å². The second-order valence-corrected chi connectivity index (χ2v) is 9.84. The van der Waals surface area contributed by atoms with Gasteiger partial charge >= 0.3 is 5.97 Å². The molecule has 6 nitrogen and oxygen atoms in total. The smallest absolute Gasteiger partial charge is 0.336 e. The summed E-state index contributed by atoms with van der Waals surface area (Å²) >= 11 is 1.06. The van der Waals surface area contributed by atoms with Gasteiger partial charge in [0.25, 0.3) is 0 Å². The Labute approximate surface area is 208 Å². The van der Waals surface area contributed by atoms with Gasteiger partial charge in [0.05, 0.1) is 24.4 Å². The Morgan fingerprint density at radius 1 is 0.886 bits per heavy atom. The Kier molecular flexibility index (Phi) is 6.80. The fourth-order valence-electron chi connectivity index (χ4n) is 3.89. The summed E-state index contributed by atoms with van der Waals surface area (Å²) in [5.41, 5.74) is 4.25. The van der Waals surface area contributed by atoms with Crippen molar-refractivity contribution in [2.45, 2.75) is 32.6 Å². The highest BCUT2D eigenvalue weighted by Gasteiger charge is 2.25. The number of hydrogen-bond donors (Lipinski definition) is 1. The first kappa shape index (κ1) is 24.3. The summed E-state index contributed by atoms with van der Waals surface area (Å²) in [4.78, 5) is 26.3. The van der Waals surface area contributed by atoms with Crippen LogP contribution in [0.1, 0.15) is 47.8 Å². The van der Waals surface area contributed by atoms with Gasteiger partial charge in [-0.15, -0.1) is 0 Å². The lowest BCUT2D eigenvalue weighted by molar-refractivity contribution is -0.130. The molecule has 1 heterocycles. The third kappa shape index (κ3) is 5.30. The molecule has 4 rings (SSSR count). The Bertz CT molecular complexity index is 1410. The van der Waals surface area contributed by atoms with E-state index in [0.717, 1.165) is 22.9 Å². The van der Waals surface area contributed by atoms with Crippen LogP contribution in [-0.2, 0) is 16.6 Å². The Morgan fingerprint density at radius 2 is 1.51 bits per heavy atom. The largest absolute Gasteiger partial charge is 0.497 e. The maximum atomic E-state index is 13.7. The molecule has 0 bridgehead atoms. The zero-order valence-electron chi connectivity index (χ0n) is 20.0. The first-order valence-corrected chi connectivity index (χ1v) is 11.9. The number of hydrogen-bond acceptors (Lipinski definition) is 6. The lowest BCUT2D eigenvalue weighted by Crippen LogP contribution is -2.14. The number of methoxy groups -OCH3 is 1. The minimum absolute atomic E-state index is 0.0146. The molecule has 4 aromatic rings. The number of carboxylic acid groups (broad SMARTS) is 1. The van der Waals surface area contributed by atoms with Crippen LogP contribution in [0.3, 0.4) is 0 Å². The van der Waals surface area contributed by atoms with E-state index in [1.807, 2.05) is 24.3 Å². The number of carbonyl (C=O) groups excluding carboxylic acids is 1. The van der Waals surface area contributed by atoms with Gasteiger partial charge in [-0.1, -0.05) is 51.1 Å². The second kappa shape index (κ2) is 9.80. The topological polar surface area (TPSA) is 89.4 Å². The summed E-state index contributed by atoms with van der Waals surface area (Å²) in [5.74, 6) is -0.901. The average Bonchev–Trinajstić information content (AvgIpc) is 3.31. The predicted octanol–water partition coefficient (Wildman–Crippen LogP) is 5.96. The van der Waals surface area contributed by atoms with Gasteiger partial charge in [-0.25, -0.2) is 4.79 Å². The first-order chi connectivity index (χ1) is 16.7. The molecule has 1 aromatic heterocycles. The molecule has 7 heteroatoms. The van der Waals surface area contributed by atoms with Gasteiger partial charge in [0.2, 0.25) is 0 Å². The molecule has 0 saturated carbocycles. The number of benzene rings is 3. The zero-order chi connectivity index (χ0) is 25.2. The number of ether oxygens (including phenoxy) is 1. The minimum atomic E-state index is -1.17. The van der Waals surface area contributed by atoms with Crippen molar-refractivity contribution < 1.29 is 19.4 Å². The summed E-state index contributed by atoms with van der Waals surface area (Å²) in [5, 5.41) is 10.3. The van der Waals surface area contributed by atoms with Gasteiger partial charge in [0.15, 0.2) is 5.78 Å². The molecule has 0 spiro atoms. The van der Waals surface area contributed by atoms with Gasteiger partial charge in [-0.2, -0.15) is 8.75 Å². The summed E-state index contributed by atoms with van der Waals surface area (Å²) in [6.45, 7) is 6.39. The molecule has 0 saturated heterocycles. The SMILES string of the molecule is COc1ccc(C(=O)/C(Cc2ccc(C(C)(C)C)cc2)=C(/C(=O)O)c2ccc3nsnc3c2)cc1. The maximum absolute atomic E-state index is 13.7. The van der Waals surface area contributed by atoms with E-state index in [1.54, 1.807) is 49.6 Å². The van der Waals surface area contributed by atoms with Crippen LogP contribution in [0, 0.1) is 0 Å². The molecule has 3 aromatic carbocycles. The molecule has 0 atom stereocenters. The van der Waals surface area contributed by atoms with Crippen LogP contribution in [0.5, 0.6) is 5.75 Å². The zero-order valence-corrected chi connectivity index (χ0v) is 20.8. The van der Waals surface area contributed by atoms with Gasteiger partial charge in [0.1, 0.15) is 16.8 Å². The number of ketones is 1. The van der Waals surface area contributed by atoms with Crippen molar-refractivity contribution >= 4 is 40.1 Å². The molecule has 0 fully saturated rings. The fourth-order valence-corrected chi connectivity index (χ4v) is 4.41. The number of aromatic nitrogens is 2. The van der Waals surface area contributed by atoms with E-state index in [2.05, 4.69) is 29.5 Å². The van der Waals surface area contributed by atoms with Crippen LogP contribution in [0.4, 0.5) is 0 Å². The van der Waals surface area contributed by atoms with Crippen LogP contribution in [0.2, 0.25) is 0 Å². The van der Waals surface area contributed by atoms with Crippen LogP contribution in [0.25, 0.3) is 16.6 Å². The van der Waals surface area contributed by atoms with Gasteiger partial charge in [-0.3, -0.25) is 4.79 Å². The van der Waals surface area contributed by atoms with Crippen LogP contribution in [0.15, 0.2) is 72.3 Å². The molecule has 0 aliphatic rings. The van der Waals surface area contributed by atoms with Crippen molar-refractivity contribution in [2.24, 2.45) is 0 Å². The molecule has 35 heavy (non-hydrogen) atoms. The third-order valence-corrected chi connectivity index (χ3v) is 6.44. The monoisotopic (exact) mass is 486 g/mol. The van der Waals surface area contributed by atoms with Crippen molar-refractivity contribution in [2.75, 3.05) is 7.11 Å². The molecular formula is C28H26N2O4S. The average molecular weight is 487 g/mol. The van der Waals surface area contributed by atoms with Crippen molar-refractivity contribution in [1.82, 2.24) is 8.75 Å². The van der Waals surface area contributed by atoms with E-state index in [-0.39, 0.29) is 28.8 Å². The number of carbonyl (C=O) groups is 2. The molecule has 1 N–H and O–H groups in total. The molecule has 0 unspecified atom stereocenters.